The van der Waals surface area contributed by atoms with Crippen LogP contribution >= 0.6 is 0 Å². The van der Waals surface area contributed by atoms with Gasteiger partial charge in [-0.1, -0.05) is 0 Å². The molecule has 0 spiro atoms. The van der Waals surface area contributed by atoms with Gasteiger partial charge in [-0.3, -0.25) is 0 Å². The van der Waals surface area contributed by atoms with E-state index < -0.39 is 11.7 Å². The zero-order chi connectivity index (χ0) is 14.8. The molecule has 0 amide bonds. The molecule has 1 fully saturated rings. The van der Waals surface area contributed by atoms with Gasteiger partial charge in [0.2, 0.25) is 0 Å². The quantitative estimate of drug-likeness (QED) is 0.869. The Labute approximate surface area is 116 Å². The summed E-state index contributed by atoms with van der Waals surface area (Å²) in [5.41, 5.74) is 4.91. The third kappa shape index (κ3) is 3.79. The first-order valence-corrected chi connectivity index (χ1v) is 6.64. The van der Waals surface area contributed by atoms with Gasteiger partial charge in [-0.05, 0) is 57.1 Å². The minimum absolute atomic E-state index is 0.0350. The standard InChI is InChI=1S/C14H19F3N2O/c1-19-6-4-10(5-7-19)9-20-13-3-2-11(8-12(13)18)14(15,16)17/h2-3,8,10H,4-7,9,18H2,1H3. The SMILES string of the molecule is CN1CCC(COc2ccc(C(F)(F)F)cc2N)CC1. The fourth-order valence-corrected chi connectivity index (χ4v) is 2.29. The van der Waals surface area contributed by atoms with E-state index in [2.05, 4.69) is 11.9 Å². The van der Waals surface area contributed by atoms with E-state index in [0.29, 0.717) is 18.3 Å². The molecule has 2 N–H and O–H groups in total. The zero-order valence-electron chi connectivity index (χ0n) is 11.4. The normalized spacial score (nSPS) is 18.2. The van der Waals surface area contributed by atoms with Gasteiger partial charge in [-0.25, -0.2) is 0 Å². The number of hydrogen-bond acceptors (Lipinski definition) is 3. The van der Waals surface area contributed by atoms with Crippen LogP contribution in [0, 0.1) is 5.92 Å². The number of halogens is 3. The average Bonchev–Trinajstić information content (AvgIpc) is 2.38. The number of nitrogens with zero attached hydrogens (tertiary/aromatic N) is 1. The van der Waals surface area contributed by atoms with Crippen LogP contribution in [-0.4, -0.2) is 31.6 Å². The van der Waals surface area contributed by atoms with Crippen molar-refractivity contribution in [2.24, 2.45) is 5.92 Å². The van der Waals surface area contributed by atoms with E-state index >= 15 is 0 Å². The summed E-state index contributed by atoms with van der Waals surface area (Å²) in [5.74, 6) is 0.768. The Kier molecular flexibility index (Phi) is 4.42. The molecular formula is C14H19F3N2O. The largest absolute Gasteiger partial charge is 0.491 e. The third-order valence-electron chi connectivity index (χ3n) is 3.65. The van der Waals surface area contributed by atoms with Gasteiger partial charge in [0.05, 0.1) is 17.9 Å². The Balaban J connectivity index is 1.93. The second-order valence-electron chi connectivity index (χ2n) is 5.31. The molecule has 2 rings (SSSR count). The van der Waals surface area contributed by atoms with Gasteiger partial charge in [-0.2, -0.15) is 13.2 Å². The van der Waals surface area contributed by atoms with E-state index in [-0.39, 0.29) is 5.69 Å². The lowest BCUT2D eigenvalue weighted by Crippen LogP contribution is -2.32. The third-order valence-corrected chi connectivity index (χ3v) is 3.65. The fourth-order valence-electron chi connectivity index (χ4n) is 2.29. The number of alkyl halides is 3. The van der Waals surface area contributed by atoms with Gasteiger partial charge in [-0.15, -0.1) is 0 Å². The van der Waals surface area contributed by atoms with Crippen LogP contribution in [0.1, 0.15) is 18.4 Å². The highest BCUT2D eigenvalue weighted by atomic mass is 19.4. The van der Waals surface area contributed by atoms with Gasteiger partial charge >= 0.3 is 6.18 Å². The molecule has 1 heterocycles. The van der Waals surface area contributed by atoms with Crippen molar-refractivity contribution in [1.82, 2.24) is 4.90 Å². The van der Waals surface area contributed by atoms with Crippen molar-refractivity contribution in [3.05, 3.63) is 23.8 Å². The highest BCUT2D eigenvalue weighted by molar-refractivity contribution is 5.54. The minimum atomic E-state index is -4.37. The van der Waals surface area contributed by atoms with Crippen molar-refractivity contribution in [3.8, 4) is 5.75 Å². The summed E-state index contributed by atoms with van der Waals surface area (Å²) in [7, 11) is 2.07. The Morgan fingerprint density at radius 1 is 1.30 bits per heavy atom. The van der Waals surface area contributed by atoms with Crippen molar-refractivity contribution in [3.63, 3.8) is 0 Å². The Hall–Kier alpha value is -1.43. The molecule has 0 atom stereocenters. The monoisotopic (exact) mass is 288 g/mol. The number of nitrogens with two attached hydrogens (primary N) is 1. The molecule has 1 aromatic carbocycles. The molecule has 3 nitrogen and oxygen atoms in total. The first-order valence-electron chi connectivity index (χ1n) is 6.64. The Bertz CT molecular complexity index is 454. The number of anilines is 1. The van der Waals surface area contributed by atoms with Crippen LogP contribution in [0.5, 0.6) is 5.75 Å². The van der Waals surface area contributed by atoms with E-state index in [9.17, 15) is 13.2 Å². The molecule has 0 aromatic heterocycles. The van der Waals surface area contributed by atoms with E-state index in [0.717, 1.165) is 38.1 Å². The van der Waals surface area contributed by atoms with Gasteiger partial charge < -0.3 is 15.4 Å². The summed E-state index contributed by atoms with van der Waals surface area (Å²) in [4.78, 5) is 2.25. The molecule has 0 saturated carbocycles. The van der Waals surface area contributed by atoms with Crippen molar-refractivity contribution >= 4 is 5.69 Å². The second-order valence-corrected chi connectivity index (χ2v) is 5.31. The van der Waals surface area contributed by atoms with Crippen LogP contribution in [0.3, 0.4) is 0 Å². The van der Waals surface area contributed by atoms with Crippen molar-refractivity contribution < 1.29 is 17.9 Å². The summed E-state index contributed by atoms with van der Waals surface area (Å²) in [6.45, 7) is 2.55. The van der Waals surface area contributed by atoms with E-state index in [1.54, 1.807) is 0 Å². The highest BCUT2D eigenvalue weighted by Crippen LogP contribution is 2.34. The fraction of sp³-hybridized carbons (Fsp3) is 0.571. The minimum Gasteiger partial charge on any atom is -0.491 e. The summed E-state index contributed by atoms with van der Waals surface area (Å²) in [6.07, 6.45) is -2.30. The number of rotatable bonds is 3. The predicted molar refractivity (Wildman–Crippen MR) is 71.6 cm³/mol. The van der Waals surface area contributed by atoms with E-state index in [4.69, 9.17) is 10.5 Å². The van der Waals surface area contributed by atoms with Crippen LogP contribution < -0.4 is 10.5 Å². The highest BCUT2D eigenvalue weighted by Gasteiger charge is 2.31. The number of hydrogen-bond donors (Lipinski definition) is 1. The maximum Gasteiger partial charge on any atom is 0.416 e. The van der Waals surface area contributed by atoms with Gasteiger partial charge in [0.15, 0.2) is 0 Å². The van der Waals surface area contributed by atoms with Gasteiger partial charge in [0.25, 0.3) is 0 Å². The van der Waals surface area contributed by atoms with Crippen molar-refractivity contribution in [2.75, 3.05) is 32.5 Å². The maximum absolute atomic E-state index is 12.5. The van der Waals surface area contributed by atoms with Crippen LogP contribution in [-0.2, 0) is 6.18 Å². The first kappa shape index (κ1) is 15.0. The van der Waals surface area contributed by atoms with Crippen LogP contribution in [0.2, 0.25) is 0 Å². The average molecular weight is 288 g/mol. The maximum atomic E-state index is 12.5. The molecule has 1 aromatic rings. The molecule has 1 aliphatic heterocycles. The molecule has 0 radical (unpaired) electrons. The lowest BCUT2D eigenvalue weighted by Gasteiger charge is -2.28. The molecule has 112 valence electrons. The molecule has 0 unspecified atom stereocenters. The Morgan fingerprint density at radius 2 is 1.95 bits per heavy atom. The molecule has 0 aliphatic carbocycles. The second kappa shape index (κ2) is 5.91. The van der Waals surface area contributed by atoms with Gasteiger partial charge in [0, 0.05) is 0 Å². The summed E-state index contributed by atoms with van der Waals surface area (Å²) >= 11 is 0. The number of nitrogen functional groups attached to an aromatic ring is 1. The number of benzene rings is 1. The van der Waals surface area contributed by atoms with Crippen LogP contribution in [0.4, 0.5) is 18.9 Å². The summed E-state index contributed by atoms with van der Waals surface area (Å²) in [6, 6.07) is 3.22. The van der Waals surface area contributed by atoms with E-state index in [1.807, 2.05) is 0 Å². The van der Waals surface area contributed by atoms with Crippen LogP contribution in [0.15, 0.2) is 18.2 Å². The van der Waals surface area contributed by atoms with Crippen LogP contribution in [0.25, 0.3) is 0 Å². The lowest BCUT2D eigenvalue weighted by molar-refractivity contribution is -0.137. The molecular weight excluding hydrogens is 269 g/mol. The first-order chi connectivity index (χ1) is 9.36. The predicted octanol–water partition coefficient (Wildman–Crippen LogP) is 3.01. The zero-order valence-corrected chi connectivity index (χ0v) is 11.4. The number of likely N-dealkylation sites (tertiary alicyclic amines) is 1. The topological polar surface area (TPSA) is 38.5 Å². The smallest absolute Gasteiger partial charge is 0.416 e. The number of piperidine rings is 1. The molecule has 0 bridgehead atoms. The molecule has 1 aliphatic rings. The van der Waals surface area contributed by atoms with E-state index in [1.165, 1.54) is 6.07 Å². The summed E-state index contributed by atoms with van der Waals surface area (Å²) < 4.78 is 43.1. The molecule has 1 saturated heterocycles. The van der Waals surface area contributed by atoms with Gasteiger partial charge in [0.1, 0.15) is 5.75 Å². The van der Waals surface area contributed by atoms with Crippen molar-refractivity contribution in [1.29, 1.82) is 0 Å². The molecule has 20 heavy (non-hydrogen) atoms. The molecule has 6 heteroatoms. The lowest BCUT2D eigenvalue weighted by atomic mass is 9.98. The number of ether oxygens (including phenoxy) is 1. The summed E-state index contributed by atoms with van der Waals surface area (Å²) in [5, 5.41) is 0. The Morgan fingerprint density at radius 3 is 2.50 bits per heavy atom. The van der Waals surface area contributed by atoms with Crippen molar-refractivity contribution in [2.45, 2.75) is 19.0 Å².